The van der Waals surface area contributed by atoms with Gasteiger partial charge < -0.3 is 9.72 Å². The number of halogens is 1. The van der Waals surface area contributed by atoms with Gasteiger partial charge in [-0.3, -0.25) is 4.79 Å². The number of benzene rings is 1. The van der Waals surface area contributed by atoms with Gasteiger partial charge in [0.25, 0.3) is 5.56 Å². The largest absolute Gasteiger partial charge is 0.496 e. The van der Waals surface area contributed by atoms with Crippen molar-refractivity contribution >= 4 is 15.9 Å². The second kappa shape index (κ2) is 6.02. The molecule has 1 aliphatic carbocycles. The number of rotatable bonds is 2. The Kier molecular flexibility index (Phi) is 4.10. The monoisotopic (exact) mass is 348 g/mol. The summed E-state index contributed by atoms with van der Waals surface area (Å²) in [6.45, 7) is 0. The van der Waals surface area contributed by atoms with Gasteiger partial charge in [-0.05, 0) is 59.8 Å². The van der Waals surface area contributed by atoms with Crippen molar-refractivity contribution in [2.45, 2.75) is 32.1 Å². The molecule has 0 bridgehead atoms. The number of methoxy groups -OCH3 is 1. The fourth-order valence-corrected chi connectivity index (χ4v) is 3.27. The summed E-state index contributed by atoms with van der Waals surface area (Å²) in [7, 11) is 1.63. The fourth-order valence-electron chi connectivity index (χ4n) is 2.73. The molecule has 0 amide bonds. The van der Waals surface area contributed by atoms with Gasteiger partial charge in [-0.1, -0.05) is 6.42 Å². The third kappa shape index (κ3) is 2.88. The number of ether oxygens (including phenoxy) is 1. The Morgan fingerprint density at radius 1 is 1.24 bits per heavy atom. The molecule has 3 rings (SSSR count). The molecule has 0 aliphatic heterocycles. The van der Waals surface area contributed by atoms with Crippen molar-refractivity contribution in [1.82, 2.24) is 9.97 Å². The summed E-state index contributed by atoms with van der Waals surface area (Å²) < 4.78 is 6.07. The molecule has 1 N–H and O–H groups in total. The molecule has 1 aromatic heterocycles. The first-order valence-corrected chi connectivity index (χ1v) is 7.94. The van der Waals surface area contributed by atoms with Crippen LogP contribution in [0.5, 0.6) is 5.75 Å². The number of hydrogen-bond acceptors (Lipinski definition) is 3. The lowest BCUT2D eigenvalue weighted by Crippen LogP contribution is -2.18. The summed E-state index contributed by atoms with van der Waals surface area (Å²) in [5.74, 6) is 1.39. The average molecular weight is 349 g/mol. The van der Waals surface area contributed by atoms with E-state index in [1.165, 1.54) is 6.42 Å². The Morgan fingerprint density at radius 2 is 2.05 bits per heavy atom. The van der Waals surface area contributed by atoms with Crippen molar-refractivity contribution < 1.29 is 4.74 Å². The van der Waals surface area contributed by atoms with E-state index >= 15 is 0 Å². The lowest BCUT2D eigenvalue weighted by atomic mass is 10.1. The van der Waals surface area contributed by atoms with Gasteiger partial charge in [-0.15, -0.1) is 0 Å². The summed E-state index contributed by atoms with van der Waals surface area (Å²) in [5, 5.41) is 0. The molecule has 0 spiro atoms. The lowest BCUT2D eigenvalue weighted by molar-refractivity contribution is 0.412. The van der Waals surface area contributed by atoms with Gasteiger partial charge in [-0.25, -0.2) is 4.98 Å². The van der Waals surface area contributed by atoms with Crippen LogP contribution in [0, 0.1) is 0 Å². The molecule has 0 fully saturated rings. The molecule has 1 aromatic carbocycles. The molecule has 0 radical (unpaired) electrons. The Bertz CT molecular complexity index is 725. The molecular formula is C16H17BrN2O2. The zero-order chi connectivity index (χ0) is 14.8. The number of fused-ring (bicyclic) bond motifs is 1. The van der Waals surface area contributed by atoms with Crippen molar-refractivity contribution in [1.29, 1.82) is 0 Å². The van der Waals surface area contributed by atoms with Crippen LogP contribution in [-0.2, 0) is 12.8 Å². The summed E-state index contributed by atoms with van der Waals surface area (Å²) in [4.78, 5) is 19.9. The van der Waals surface area contributed by atoms with E-state index < -0.39 is 0 Å². The van der Waals surface area contributed by atoms with Gasteiger partial charge in [0.2, 0.25) is 0 Å². The quantitative estimate of drug-likeness (QED) is 0.845. The standard InChI is InChI=1S/C16H17BrN2O2/c1-21-14-8-7-10(9-12(14)17)15-18-13-6-4-2-3-5-11(13)16(20)19-15/h7-9H,2-6H2,1H3,(H,18,19,20). The molecule has 21 heavy (non-hydrogen) atoms. The molecule has 0 atom stereocenters. The van der Waals surface area contributed by atoms with Crippen molar-refractivity contribution in [3.63, 3.8) is 0 Å². The minimum absolute atomic E-state index is 0.00356. The number of hydrogen-bond donors (Lipinski definition) is 1. The zero-order valence-corrected chi connectivity index (χ0v) is 13.5. The highest BCUT2D eigenvalue weighted by Gasteiger charge is 2.15. The number of nitrogens with one attached hydrogen (secondary N) is 1. The number of H-pyrrole nitrogens is 1. The van der Waals surface area contributed by atoms with E-state index in [-0.39, 0.29) is 5.56 Å². The Morgan fingerprint density at radius 3 is 2.81 bits per heavy atom. The van der Waals surface area contributed by atoms with Crippen LogP contribution in [0.15, 0.2) is 27.5 Å². The number of aromatic amines is 1. The predicted molar refractivity (Wildman–Crippen MR) is 85.8 cm³/mol. The summed E-state index contributed by atoms with van der Waals surface area (Å²) in [6.07, 6.45) is 5.08. The van der Waals surface area contributed by atoms with Crippen molar-refractivity contribution in [2.24, 2.45) is 0 Å². The molecule has 110 valence electrons. The normalized spacial score (nSPS) is 14.4. The van der Waals surface area contributed by atoms with Crippen LogP contribution in [0.2, 0.25) is 0 Å². The van der Waals surface area contributed by atoms with E-state index in [1.807, 2.05) is 18.2 Å². The smallest absolute Gasteiger partial charge is 0.254 e. The molecule has 4 nitrogen and oxygen atoms in total. The van der Waals surface area contributed by atoms with Gasteiger partial charge in [0, 0.05) is 11.1 Å². The van der Waals surface area contributed by atoms with Crippen LogP contribution >= 0.6 is 15.9 Å². The molecule has 0 saturated carbocycles. The van der Waals surface area contributed by atoms with Crippen LogP contribution in [-0.4, -0.2) is 17.1 Å². The summed E-state index contributed by atoms with van der Waals surface area (Å²) >= 11 is 3.47. The van der Waals surface area contributed by atoms with E-state index in [1.54, 1.807) is 7.11 Å². The van der Waals surface area contributed by atoms with Gasteiger partial charge in [0.05, 0.1) is 17.3 Å². The molecule has 0 unspecified atom stereocenters. The first kappa shape index (κ1) is 14.3. The first-order valence-electron chi connectivity index (χ1n) is 7.15. The van der Waals surface area contributed by atoms with E-state index in [0.29, 0.717) is 5.82 Å². The molecule has 5 heteroatoms. The van der Waals surface area contributed by atoms with Crippen LogP contribution in [0.1, 0.15) is 30.5 Å². The molecular weight excluding hydrogens is 332 g/mol. The SMILES string of the molecule is COc1ccc(-c2nc3c(c(=O)[nH]2)CCCCC3)cc1Br. The van der Waals surface area contributed by atoms with E-state index in [4.69, 9.17) is 4.74 Å². The Hall–Kier alpha value is -1.62. The highest BCUT2D eigenvalue weighted by molar-refractivity contribution is 9.10. The molecule has 2 aromatic rings. The van der Waals surface area contributed by atoms with Gasteiger partial charge >= 0.3 is 0 Å². The van der Waals surface area contributed by atoms with Gasteiger partial charge in [0.1, 0.15) is 11.6 Å². The first-order chi connectivity index (χ1) is 10.2. The molecule has 1 aliphatic rings. The summed E-state index contributed by atoms with van der Waals surface area (Å²) in [6, 6.07) is 5.69. The topological polar surface area (TPSA) is 55.0 Å². The second-order valence-corrected chi connectivity index (χ2v) is 6.10. The Balaban J connectivity index is 2.07. The maximum Gasteiger partial charge on any atom is 0.254 e. The van der Waals surface area contributed by atoms with Crippen molar-refractivity contribution in [2.75, 3.05) is 7.11 Å². The second-order valence-electron chi connectivity index (χ2n) is 5.25. The van der Waals surface area contributed by atoms with E-state index in [0.717, 1.165) is 52.7 Å². The van der Waals surface area contributed by atoms with E-state index in [2.05, 4.69) is 25.9 Å². The fraction of sp³-hybridized carbons (Fsp3) is 0.375. The summed E-state index contributed by atoms with van der Waals surface area (Å²) in [5.41, 5.74) is 2.71. The van der Waals surface area contributed by atoms with Crippen LogP contribution in [0.25, 0.3) is 11.4 Å². The third-order valence-corrected chi connectivity index (χ3v) is 4.49. The third-order valence-electron chi connectivity index (χ3n) is 3.87. The maximum atomic E-state index is 12.3. The highest BCUT2D eigenvalue weighted by atomic mass is 79.9. The molecule has 1 heterocycles. The minimum Gasteiger partial charge on any atom is -0.496 e. The average Bonchev–Trinajstić information content (AvgIpc) is 2.72. The number of nitrogens with zero attached hydrogens (tertiary/aromatic N) is 1. The minimum atomic E-state index is 0.00356. The highest BCUT2D eigenvalue weighted by Crippen LogP contribution is 2.29. The van der Waals surface area contributed by atoms with Crippen molar-refractivity contribution in [3.8, 4) is 17.1 Å². The van der Waals surface area contributed by atoms with Gasteiger partial charge in [0.15, 0.2) is 0 Å². The lowest BCUT2D eigenvalue weighted by Gasteiger charge is -2.09. The Labute approximate surface area is 131 Å². The van der Waals surface area contributed by atoms with Gasteiger partial charge in [-0.2, -0.15) is 0 Å². The van der Waals surface area contributed by atoms with Crippen LogP contribution in [0.3, 0.4) is 0 Å². The number of aromatic nitrogens is 2. The van der Waals surface area contributed by atoms with Crippen LogP contribution in [0.4, 0.5) is 0 Å². The van der Waals surface area contributed by atoms with Crippen molar-refractivity contribution in [3.05, 3.63) is 44.3 Å². The maximum absolute atomic E-state index is 12.3. The molecule has 0 saturated heterocycles. The number of aryl methyl sites for hydroxylation is 1. The van der Waals surface area contributed by atoms with E-state index in [9.17, 15) is 4.79 Å². The van der Waals surface area contributed by atoms with Crippen LogP contribution < -0.4 is 10.3 Å². The predicted octanol–water partition coefficient (Wildman–Crippen LogP) is 3.48. The zero-order valence-electron chi connectivity index (χ0n) is 11.9.